The molecule has 0 aromatic heterocycles. The smallest absolute Gasteiger partial charge is 0.290 e. The molecule has 0 atom stereocenters. The summed E-state index contributed by atoms with van der Waals surface area (Å²) in [5.41, 5.74) is -0.168. The molecular formula is C13H16Cl2N2O3. The van der Waals surface area contributed by atoms with Crippen LogP contribution >= 0.6 is 23.2 Å². The summed E-state index contributed by atoms with van der Waals surface area (Å²) in [5, 5.41) is 10.8. The summed E-state index contributed by atoms with van der Waals surface area (Å²) in [7, 11) is 0. The molecule has 0 bridgehead atoms. The Morgan fingerprint density at radius 3 is 2.50 bits per heavy atom. The van der Waals surface area contributed by atoms with E-state index in [-0.39, 0.29) is 27.2 Å². The van der Waals surface area contributed by atoms with Crippen LogP contribution in [-0.4, -0.2) is 28.8 Å². The number of nitrogens with zero attached hydrogens (tertiary/aromatic N) is 2. The highest BCUT2D eigenvalue weighted by Gasteiger charge is 2.22. The van der Waals surface area contributed by atoms with Gasteiger partial charge in [0.1, 0.15) is 5.02 Å². The maximum Gasteiger partial charge on any atom is 0.290 e. The predicted molar refractivity (Wildman–Crippen MR) is 79.6 cm³/mol. The summed E-state index contributed by atoms with van der Waals surface area (Å²) in [5.74, 6) is -0.275. The summed E-state index contributed by atoms with van der Waals surface area (Å²) >= 11 is 11.6. The van der Waals surface area contributed by atoms with Crippen molar-refractivity contribution < 1.29 is 9.72 Å². The number of hydrogen-bond acceptors (Lipinski definition) is 3. The number of carbonyl (C=O) groups is 1. The van der Waals surface area contributed by atoms with Crippen molar-refractivity contribution in [2.75, 3.05) is 13.1 Å². The molecule has 5 nitrogen and oxygen atoms in total. The van der Waals surface area contributed by atoms with Crippen LogP contribution in [0.2, 0.25) is 10.0 Å². The van der Waals surface area contributed by atoms with Crippen LogP contribution in [0.5, 0.6) is 0 Å². The summed E-state index contributed by atoms with van der Waals surface area (Å²) in [4.78, 5) is 24.2. The minimum Gasteiger partial charge on any atom is -0.339 e. The van der Waals surface area contributed by atoms with E-state index >= 15 is 0 Å². The standard InChI is InChI=1S/C13H16Cl2N2O3/c1-3-5-6-16(4-2)13(18)9-7-10(14)12(15)11(8-9)17(19)20/h7-8H,3-6H2,1-2H3. The van der Waals surface area contributed by atoms with Crippen LogP contribution in [-0.2, 0) is 0 Å². The van der Waals surface area contributed by atoms with Crippen molar-refractivity contribution in [3.05, 3.63) is 37.9 Å². The number of benzene rings is 1. The molecule has 1 amide bonds. The van der Waals surface area contributed by atoms with Crippen molar-refractivity contribution in [2.45, 2.75) is 26.7 Å². The van der Waals surface area contributed by atoms with E-state index in [4.69, 9.17) is 23.2 Å². The van der Waals surface area contributed by atoms with E-state index in [0.717, 1.165) is 12.8 Å². The second kappa shape index (κ2) is 7.45. The van der Waals surface area contributed by atoms with Crippen LogP contribution in [0, 0.1) is 10.1 Å². The number of halogens is 2. The molecule has 0 aliphatic heterocycles. The van der Waals surface area contributed by atoms with Gasteiger partial charge in [0.2, 0.25) is 0 Å². The van der Waals surface area contributed by atoms with Crippen molar-refractivity contribution in [1.29, 1.82) is 0 Å². The van der Waals surface area contributed by atoms with E-state index < -0.39 is 4.92 Å². The fourth-order valence-corrected chi connectivity index (χ4v) is 2.16. The summed E-state index contributed by atoms with van der Waals surface area (Å²) in [6.07, 6.45) is 1.84. The summed E-state index contributed by atoms with van der Waals surface area (Å²) < 4.78 is 0. The van der Waals surface area contributed by atoms with Gasteiger partial charge in [0.15, 0.2) is 0 Å². The molecule has 0 saturated heterocycles. The number of nitro groups is 1. The SMILES string of the molecule is CCCCN(CC)C(=O)c1cc(Cl)c(Cl)c([N+](=O)[O-])c1. The van der Waals surface area contributed by atoms with Gasteiger partial charge in [0.05, 0.1) is 9.95 Å². The Balaban J connectivity index is 3.12. The monoisotopic (exact) mass is 318 g/mol. The van der Waals surface area contributed by atoms with E-state index in [0.29, 0.717) is 13.1 Å². The maximum absolute atomic E-state index is 12.3. The highest BCUT2D eigenvalue weighted by molar-refractivity contribution is 6.43. The van der Waals surface area contributed by atoms with Crippen molar-refractivity contribution in [1.82, 2.24) is 4.90 Å². The van der Waals surface area contributed by atoms with E-state index in [2.05, 4.69) is 0 Å². The Kier molecular flexibility index (Phi) is 6.23. The molecule has 0 heterocycles. The van der Waals surface area contributed by atoms with E-state index in [9.17, 15) is 14.9 Å². The van der Waals surface area contributed by atoms with Gasteiger partial charge in [-0.05, 0) is 19.4 Å². The minimum atomic E-state index is -0.646. The Labute approximate surface area is 127 Å². The van der Waals surface area contributed by atoms with Crippen LogP contribution < -0.4 is 0 Å². The van der Waals surface area contributed by atoms with Crippen LogP contribution in [0.3, 0.4) is 0 Å². The zero-order valence-electron chi connectivity index (χ0n) is 11.4. The van der Waals surface area contributed by atoms with E-state index in [1.807, 2.05) is 13.8 Å². The Morgan fingerprint density at radius 1 is 1.35 bits per heavy atom. The Morgan fingerprint density at radius 2 is 2.00 bits per heavy atom. The summed E-state index contributed by atoms with van der Waals surface area (Å²) in [6.45, 7) is 5.04. The van der Waals surface area contributed by atoms with Crippen LogP contribution in [0.4, 0.5) is 5.69 Å². The molecule has 0 spiro atoms. The molecule has 110 valence electrons. The van der Waals surface area contributed by atoms with Gasteiger partial charge in [-0.1, -0.05) is 36.5 Å². The maximum atomic E-state index is 12.3. The lowest BCUT2D eigenvalue weighted by molar-refractivity contribution is -0.384. The lowest BCUT2D eigenvalue weighted by Gasteiger charge is -2.20. The molecule has 0 N–H and O–H groups in total. The van der Waals surface area contributed by atoms with Gasteiger partial charge in [-0.25, -0.2) is 0 Å². The molecule has 1 rings (SSSR count). The first kappa shape index (κ1) is 16.7. The average Bonchev–Trinajstić information content (AvgIpc) is 2.41. The largest absolute Gasteiger partial charge is 0.339 e. The molecule has 0 saturated carbocycles. The van der Waals surface area contributed by atoms with E-state index in [1.165, 1.54) is 12.1 Å². The third kappa shape index (κ3) is 3.84. The molecule has 0 unspecified atom stereocenters. The molecule has 1 aromatic carbocycles. The topological polar surface area (TPSA) is 63.5 Å². The predicted octanol–water partition coefficient (Wildman–Crippen LogP) is 4.16. The fourth-order valence-electron chi connectivity index (χ4n) is 1.77. The quantitative estimate of drug-likeness (QED) is 0.584. The normalized spacial score (nSPS) is 10.4. The van der Waals surface area contributed by atoms with Gasteiger partial charge in [0.25, 0.3) is 11.6 Å². The van der Waals surface area contributed by atoms with Crippen LogP contribution in [0.15, 0.2) is 12.1 Å². The molecule has 0 fully saturated rings. The molecule has 0 radical (unpaired) electrons. The van der Waals surface area contributed by atoms with Crippen molar-refractivity contribution in [3.8, 4) is 0 Å². The highest BCUT2D eigenvalue weighted by Crippen LogP contribution is 2.33. The average molecular weight is 319 g/mol. The van der Waals surface area contributed by atoms with Crippen LogP contribution in [0.1, 0.15) is 37.0 Å². The van der Waals surface area contributed by atoms with Crippen molar-refractivity contribution >= 4 is 34.8 Å². The zero-order valence-corrected chi connectivity index (χ0v) is 12.9. The Bertz CT molecular complexity index is 521. The molecule has 1 aromatic rings. The van der Waals surface area contributed by atoms with Gasteiger partial charge in [-0.15, -0.1) is 0 Å². The molecule has 0 aliphatic rings. The van der Waals surface area contributed by atoms with Gasteiger partial charge in [-0.2, -0.15) is 0 Å². The first-order chi connectivity index (χ1) is 9.42. The molecule has 7 heteroatoms. The zero-order chi connectivity index (χ0) is 15.3. The number of carbonyl (C=O) groups excluding carboxylic acids is 1. The second-order valence-corrected chi connectivity index (χ2v) is 5.07. The van der Waals surface area contributed by atoms with Crippen molar-refractivity contribution in [2.24, 2.45) is 0 Å². The van der Waals surface area contributed by atoms with Gasteiger partial charge in [0, 0.05) is 24.7 Å². The fraction of sp³-hybridized carbons (Fsp3) is 0.462. The number of hydrogen-bond donors (Lipinski definition) is 0. The van der Waals surface area contributed by atoms with Gasteiger partial charge in [-0.3, -0.25) is 14.9 Å². The van der Waals surface area contributed by atoms with Crippen molar-refractivity contribution in [3.63, 3.8) is 0 Å². The number of amides is 1. The van der Waals surface area contributed by atoms with Crippen LogP contribution in [0.25, 0.3) is 0 Å². The highest BCUT2D eigenvalue weighted by atomic mass is 35.5. The van der Waals surface area contributed by atoms with Gasteiger partial charge < -0.3 is 4.90 Å². The minimum absolute atomic E-state index is 0.00996. The van der Waals surface area contributed by atoms with Gasteiger partial charge >= 0.3 is 0 Å². The lowest BCUT2D eigenvalue weighted by Crippen LogP contribution is -2.31. The summed E-state index contributed by atoms with van der Waals surface area (Å²) in [6, 6.07) is 2.54. The lowest BCUT2D eigenvalue weighted by atomic mass is 10.1. The van der Waals surface area contributed by atoms with E-state index in [1.54, 1.807) is 4.90 Å². The Hall–Kier alpha value is -1.33. The number of nitro benzene ring substituents is 1. The molecule has 20 heavy (non-hydrogen) atoms. The third-order valence-electron chi connectivity index (χ3n) is 2.90. The second-order valence-electron chi connectivity index (χ2n) is 4.29. The molecular weight excluding hydrogens is 303 g/mol. The number of unbranched alkanes of at least 4 members (excludes halogenated alkanes) is 1. The third-order valence-corrected chi connectivity index (χ3v) is 3.70. The number of rotatable bonds is 6. The first-order valence-electron chi connectivity index (χ1n) is 6.35. The first-order valence-corrected chi connectivity index (χ1v) is 7.10. The molecule has 0 aliphatic carbocycles.